The summed E-state index contributed by atoms with van der Waals surface area (Å²) in [5.74, 6) is 0.799. The van der Waals surface area contributed by atoms with Gasteiger partial charge in [-0.3, -0.25) is 4.79 Å². The second-order valence-electron chi connectivity index (χ2n) is 4.96. The molecule has 1 aromatic carbocycles. The molecule has 20 heavy (non-hydrogen) atoms. The number of halogens is 2. The second-order valence-corrected chi connectivity index (χ2v) is 6.47. The van der Waals surface area contributed by atoms with Crippen LogP contribution in [0.1, 0.15) is 17.4 Å². The van der Waals surface area contributed by atoms with Gasteiger partial charge in [-0.1, -0.05) is 23.7 Å². The van der Waals surface area contributed by atoms with E-state index in [4.69, 9.17) is 11.6 Å². The van der Waals surface area contributed by atoms with Crippen molar-refractivity contribution < 1.29 is 4.79 Å². The molecule has 0 bridgehead atoms. The third-order valence-corrected chi connectivity index (χ3v) is 4.60. The summed E-state index contributed by atoms with van der Waals surface area (Å²) in [6, 6.07) is 7.81. The standard InChI is InChI=1S/C14H19ClN2OS.ClH/c1-16(2)7-4-8-17-13(18)10-19-14(17)11-5-3-6-12(15)9-11;/h3,5-6,9,14H,4,7-8,10H2,1-2H3;1H. The van der Waals surface area contributed by atoms with Crippen LogP contribution in [0.5, 0.6) is 0 Å². The van der Waals surface area contributed by atoms with Crippen LogP contribution in [0.4, 0.5) is 0 Å². The normalized spacial score (nSPS) is 18.5. The van der Waals surface area contributed by atoms with Crippen molar-refractivity contribution in [2.24, 2.45) is 0 Å². The zero-order valence-corrected chi connectivity index (χ0v) is 14.1. The summed E-state index contributed by atoms with van der Waals surface area (Å²) in [7, 11) is 4.10. The van der Waals surface area contributed by atoms with Gasteiger partial charge in [-0.25, -0.2) is 0 Å². The molecule has 0 aliphatic carbocycles. The Hall–Kier alpha value is -0.420. The van der Waals surface area contributed by atoms with Gasteiger partial charge in [0, 0.05) is 11.6 Å². The predicted molar refractivity (Wildman–Crippen MR) is 88.8 cm³/mol. The Morgan fingerprint density at radius 3 is 2.85 bits per heavy atom. The molecule has 1 fully saturated rings. The van der Waals surface area contributed by atoms with E-state index in [1.54, 1.807) is 11.8 Å². The summed E-state index contributed by atoms with van der Waals surface area (Å²) in [6.45, 7) is 1.80. The molecule has 112 valence electrons. The second kappa shape index (κ2) is 8.13. The molecule has 2 rings (SSSR count). The number of nitrogens with zero attached hydrogens (tertiary/aromatic N) is 2. The van der Waals surface area contributed by atoms with E-state index < -0.39 is 0 Å². The minimum absolute atomic E-state index is 0. The number of hydrogen-bond donors (Lipinski definition) is 0. The van der Waals surface area contributed by atoms with Gasteiger partial charge in [-0.2, -0.15) is 0 Å². The smallest absolute Gasteiger partial charge is 0.233 e. The third kappa shape index (κ3) is 4.55. The van der Waals surface area contributed by atoms with Crippen LogP contribution in [0.3, 0.4) is 0 Å². The summed E-state index contributed by atoms with van der Waals surface area (Å²) in [5, 5.41) is 0.846. The Labute approximate surface area is 136 Å². The van der Waals surface area contributed by atoms with Crippen molar-refractivity contribution in [3.63, 3.8) is 0 Å². The highest BCUT2D eigenvalue weighted by molar-refractivity contribution is 8.00. The van der Waals surface area contributed by atoms with Crippen molar-refractivity contribution in [2.75, 3.05) is 32.9 Å². The molecule has 6 heteroatoms. The van der Waals surface area contributed by atoms with E-state index in [1.165, 1.54) is 0 Å². The van der Waals surface area contributed by atoms with Gasteiger partial charge in [0.1, 0.15) is 5.37 Å². The van der Waals surface area contributed by atoms with E-state index in [-0.39, 0.29) is 23.7 Å². The highest BCUT2D eigenvalue weighted by Gasteiger charge is 2.32. The highest BCUT2D eigenvalue weighted by Crippen LogP contribution is 2.39. The highest BCUT2D eigenvalue weighted by atomic mass is 35.5. The number of rotatable bonds is 5. The van der Waals surface area contributed by atoms with Gasteiger partial charge >= 0.3 is 0 Å². The number of benzene rings is 1. The molecular weight excluding hydrogens is 315 g/mol. The Morgan fingerprint density at radius 1 is 1.45 bits per heavy atom. The maximum absolute atomic E-state index is 12.0. The van der Waals surface area contributed by atoms with Crippen LogP contribution < -0.4 is 0 Å². The van der Waals surface area contributed by atoms with E-state index in [0.717, 1.165) is 30.1 Å². The van der Waals surface area contributed by atoms with Gasteiger partial charge < -0.3 is 9.80 Å². The molecule has 0 N–H and O–H groups in total. The lowest BCUT2D eigenvalue weighted by Crippen LogP contribution is -2.31. The molecule has 0 saturated carbocycles. The summed E-state index contributed by atoms with van der Waals surface area (Å²) >= 11 is 7.72. The van der Waals surface area contributed by atoms with Crippen molar-refractivity contribution in [1.29, 1.82) is 0 Å². The first kappa shape index (κ1) is 17.6. The van der Waals surface area contributed by atoms with Gasteiger partial charge in [0.05, 0.1) is 5.75 Å². The largest absolute Gasteiger partial charge is 0.326 e. The fourth-order valence-corrected chi connectivity index (χ4v) is 3.60. The van der Waals surface area contributed by atoms with Gasteiger partial charge in [-0.05, 0) is 44.8 Å². The van der Waals surface area contributed by atoms with Gasteiger partial charge in [0.15, 0.2) is 0 Å². The molecule has 1 atom stereocenters. The molecule has 1 aliphatic rings. The third-order valence-electron chi connectivity index (χ3n) is 3.11. The number of carbonyl (C=O) groups excluding carboxylic acids is 1. The van der Waals surface area contributed by atoms with Crippen LogP contribution >= 0.6 is 35.8 Å². The molecule has 1 saturated heterocycles. The zero-order chi connectivity index (χ0) is 13.8. The minimum atomic E-state index is 0. The molecule has 1 aliphatic heterocycles. The van der Waals surface area contributed by atoms with E-state index in [0.29, 0.717) is 5.75 Å². The lowest BCUT2D eigenvalue weighted by Gasteiger charge is -2.25. The van der Waals surface area contributed by atoms with E-state index in [1.807, 2.05) is 29.2 Å². The monoisotopic (exact) mass is 334 g/mol. The first-order chi connectivity index (χ1) is 9.08. The molecule has 1 amide bonds. The summed E-state index contributed by atoms with van der Waals surface area (Å²) in [4.78, 5) is 16.1. The van der Waals surface area contributed by atoms with Crippen molar-refractivity contribution in [2.45, 2.75) is 11.8 Å². The molecule has 1 unspecified atom stereocenters. The fraction of sp³-hybridized carbons (Fsp3) is 0.500. The Balaban J connectivity index is 0.00000200. The minimum Gasteiger partial charge on any atom is -0.326 e. The Bertz CT molecular complexity index is 457. The lowest BCUT2D eigenvalue weighted by molar-refractivity contribution is -0.128. The van der Waals surface area contributed by atoms with Crippen LogP contribution in [-0.4, -0.2) is 48.6 Å². The summed E-state index contributed by atoms with van der Waals surface area (Å²) in [6.07, 6.45) is 0.996. The van der Waals surface area contributed by atoms with Crippen LogP contribution in [0.25, 0.3) is 0 Å². The van der Waals surface area contributed by atoms with E-state index >= 15 is 0 Å². The summed E-state index contributed by atoms with van der Waals surface area (Å²) < 4.78 is 0. The molecule has 0 aromatic heterocycles. The Morgan fingerprint density at radius 2 is 2.20 bits per heavy atom. The SMILES string of the molecule is CN(C)CCCN1C(=O)CSC1c1cccc(Cl)c1.Cl. The molecule has 0 radical (unpaired) electrons. The number of carbonyl (C=O) groups is 1. The summed E-state index contributed by atoms with van der Waals surface area (Å²) in [5.41, 5.74) is 1.12. The fourth-order valence-electron chi connectivity index (χ4n) is 2.19. The molecular formula is C14H20Cl2N2OS. The van der Waals surface area contributed by atoms with E-state index in [9.17, 15) is 4.79 Å². The predicted octanol–water partition coefficient (Wildman–Crippen LogP) is 3.29. The van der Waals surface area contributed by atoms with Crippen molar-refractivity contribution in [1.82, 2.24) is 9.80 Å². The van der Waals surface area contributed by atoms with Crippen LogP contribution in [0, 0.1) is 0 Å². The average Bonchev–Trinajstić information content (AvgIpc) is 2.71. The molecule has 0 spiro atoms. The molecule has 1 aromatic rings. The number of hydrogen-bond acceptors (Lipinski definition) is 3. The van der Waals surface area contributed by atoms with Gasteiger partial charge in [-0.15, -0.1) is 24.2 Å². The lowest BCUT2D eigenvalue weighted by atomic mass is 10.2. The quantitative estimate of drug-likeness (QED) is 0.825. The van der Waals surface area contributed by atoms with Crippen LogP contribution in [-0.2, 0) is 4.79 Å². The average molecular weight is 335 g/mol. The van der Waals surface area contributed by atoms with Crippen LogP contribution in [0.2, 0.25) is 5.02 Å². The van der Waals surface area contributed by atoms with Crippen molar-refractivity contribution >= 4 is 41.7 Å². The maximum Gasteiger partial charge on any atom is 0.233 e. The topological polar surface area (TPSA) is 23.6 Å². The van der Waals surface area contributed by atoms with Crippen molar-refractivity contribution in [3.05, 3.63) is 34.9 Å². The Kier molecular flexibility index (Phi) is 7.17. The first-order valence-corrected chi connectivity index (χ1v) is 7.82. The van der Waals surface area contributed by atoms with Crippen LogP contribution in [0.15, 0.2) is 24.3 Å². The van der Waals surface area contributed by atoms with E-state index in [2.05, 4.69) is 19.0 Å². The molecule has 3 nitrogen and oxygen atoms in total. The first-order valence-electron chi connectivity index (χ1n) is 6.39. The van der Waals surface area contributed by atoms with Crippen molar-refractivity contribution in [3.8, 4) is 0 Å². The maximum atomic E-state index is 12.0. The van der Waals surface area contributed by atoms with Gasteiger partial charge in [0.25, 0.3) is 0 Å². The molecule has 1 heterocycles. The number of thioether (sulfide) groups is 1. The van der Waals surface area contributed by atoms with Gasteiger partial charge in [0.2, 0.25) is 5.91 Å². The number of amides is 1. The zero-order valence-electron chi connectivity index (χ0n) is 11.7.